The van der Waals surface area contributed by atoms with Crippen molar-refractivity contribution in [1.82, 2.24) is 9.78 Å². The molecule has 0 amide bonds. The molecule has 15 heavy (non-hydrogen) atoms. The monoisotopic (exact) mass is 284 g/mol. The van der Waals surface area contributed by atoms with Gasteiger partial charge < -0.3 is 16.0 Å². The van der Waals surface area contributed by atoms with Crippen LogP contribution in [0, 0.1) is 0 Å². The Balaban J connectivity index is 0.00000196. The summed E-state index contributed by atoms with van der Waals surface area (Å²) in [5.41, 5.74) is 11.0. The zero-order valence-electron chi connectivity index (χ0n) is 7.55. The SMILES string of the molecule is CC(OS(=O)(=O)[O-])n1ncc(N)c1N.[Cu+]. The standard InChI is InChI=1S/C5H10N4O4S.Cu/c1-3(13-14(10,11)12)9-5(7)4(6)2-8-9;/h2-3H,6-7H2,1H3,(H,10,11,12);/q;+1/p-1. The molecule has 0 saturated heterocycles. The fourth-order valence-corrected chi connectivity index (χ4v) is 1.31. The molecule has 1 rings (SSSR count). The zero-order valence-corrected chi connectivity index (χ0v) is 9.30. The van der Waals surface area contributed by atoms with Crippen molar-refractivity contribution in [2.75, 3.05) is 11.5 Å². The van der Waals surface area contributed by atoms with Gasteiger partial charge in [0, 0.05) is 0 Å². The summed E-state index contributed by atoms with van der Waals surface area (Å²) in [6.07, 6.45) is 0.113. The van der Waals surface area contributed by atoms with E-state index in [1.807, 2.05) is 0 Å². The number of hydrogen-bond acceptors (Lipinski definition) is 7. The van der Waals surface area contributed by atoms with Gasteiger partial charge in [0.2, 0.25) is 10.4 Å². The van der Waals surface area contributed by atoms with E-state index in [0.717, 1.165) is 4.68 Å². The average molecular weight is 285 g/mol. The molecule has 1 aromatic heterocycles. The third kappa shape index (κ3) is 3.68. The Kier molecular flexibility index (Phi) is 4.56. The van der Waals surface area contributed by atoms with Crippen LogP contribution in [0.1, 0.15) is 13.2 Å². The van der Waals surface area contributed by atoms with Crippen molar-refractivity contribution in [3.8, 4) is 0 Å². The van der Waals surface area contributed by atoms with E-state index in [-0.39, 0.29) is 28.6 Å². The Morgan fingerprint density at radius 3 is 2.47 bits per heavy atom. The van der Waals surface area contributed by atoms with Gasteiger partial charge >= 0.3 is 17.1 Å². The summed E-state index contributed by atoms with van der Waals surface area (Å²) >= 11 is 0. The van der Waals surface area contributed by atoms with Crippen molar-refractivity contribution >= 4 is 21.9 Å². The number of hydrogen-bond donors (Lipinski definition) is 2. The van der Waals surface area contributed by atoms with E-state index in [4.69, 9.17) is 11.5 Å². The Morgan fingerprint density at radius 1 is 1.60 bits per heavy atom. The van der Waals surface area contributed by atoms with Crippen LogP contribution in [0.2, 0.25) is 0 Å². The molecule has 0 aliphatic heterocycles. The second-order valence-corrected chi connectivity index (χ2v) is 3.54. The molecule has 1 atom stereocenters. The number of nitrogen functional groups attached to an aromatic ring is 2. The van der Waals surface area contributed by atoms with Crippen molar-refractivity contribution in [3.05, 3.63) is 6.20 Å². The summed E-state index contributed by atoms with van der Waals surface area (Å²) in [7, 11) is -4.79. The minimum absolute atomic E-state index is 0. The van der Waals surface area contributed by atoms with Crippen LogP contribution in [-0.2, 0) is 31.7 Å². The number of nitrogens with zero attached hydrogens (tertiary/aromatic N) is 2. The maximum absolute atomic E-state index is 10.2. The minimum atomic E-state index is -4.79. The first-order valence-electron chi connectivity index (χ1n) is 3.54. The second-order valence-electron chi connectivity index (χ2n) is 2.53. The van der Waals surface area contributed by atoms with Gasteiger partial charge in [-0.2, -0.15) is 5.10 Å². The van der Waals surface area contributed by atoms with Crippen LogP contribution >= 0.6 is 0 Å². The van der Waals surface area contributed by atoms with E-state index in [0.29, 0.717) is 0 Å². The summed E-state index contributed by atoms with van der Waals surface area (Å²) in [6, 6.07) is 0. The van der Waals surface area contributed by atoms with Gasteiger partial charge in [-0.25, -0.2) is 13.1 Å². The molecule has 0 bridgehead atoms. The van der Waals surface area contributed by atoms with Crippen LogP contribution in [-0.4, -0.2) is 22.8 Å². The first kappa shape index (κ1) is 14.2. The van der Waals surface area contributed by atoms with Crippen LogP contribution in [0.3, 0.4) is 0 Å². The van der Waals surface area contributed by atoms with Gasteiger partial charge in [0.1, 0.15) is 5.82 Å². The smallest absolute Gasteiger partial charge is 0.725 e. The van der Waals surface area contributed by atoms with Crippen molar-refractivity contribution in [1.29, 1.82) is 0 Å². The van der Waals surface area contributed by atoms with Crippen molar-refractivity contribution in [3.63, 3.8) is 0 Å². The summed E-state index contributed by atoms with van der Waals surface area (Å²) in [5.74, 6) is 0.0427. The number of rotatable bonds is 3. The predicted octanol–water partition coefficient (Wildman–Crippen LogP) is -0.960. The summed E-state index contributed by atoms with van der Waals surface area (Å²) < 4.78 is 35.8. The van der Waals surface area contributed by atoms with Crippen LogP contribution < -0.4 is 11.5 Å². The number of aromatic nitrogens is 2. The van der Waals surface area contributed by atoms with Gasteiger partial charge in [0.05, 0.1) is 11.9 Å². The van der Waals surface area contributed by atoms with E-state index >= 15 is 0 Å². The fourth-order valence-electron chi connectivity index (χ4n) is 0.886. The molecule has 0 saturated carbocycles. The molecule has 0 aromatic carbocycles. The van der Waals surface area contributed by atoms with E-state index in [9.17, 15) is 13.0 Å². The molecule has 0 fully saturated rings. The largest absolute Gasteiger partial charge is 1.00 e. The summed E-state index contributed by atoms with van der Waals surface area (Å²) in [6.45, 7) is 1.30. The number of nitrogens with two attached hydrogens (primary N) is 2. The van der Waals surface area contributed by atoms with Crippen LogP contribution in [0.4, 0.5) is 11.5 Å². The van der Waals surface area contributed by atoms with Crippen molar-refractivity contribution in [2.24, 2.45) is 0 Å². The first-order valence-corrected chi connectivity index (χ1v) is 4.87. The Labute approximate surface area is 97.0 Å². The molecular formula is C5H9CuN4O4S. The molecule has 1 aromatic rings. The second kappa shape index (κ2) is 4.81. The molecule has 0 radical (unpaired) electrons. The van der Waals surface area contributed by atoms with E-state index in [2.05, 4.69) is 9.28 Å². The Morgan fingerprint density at radius 2 is 2.13 bits per heavy atom. The molecule has 1 unspecified atom stereocenters. The quantitative estimate of drug-likeness (QED) is 0.414. The maximum Gasteiger partial charge on any atom is 1.00 e. The summed E-state index contributed by atoms with van der Waals surface area (Å²) in [5, 5.41) is 3.64. The van der Waals surface area contributed by atoms with Gasteiger partial charge in [-0.1, -0.05) is 0 Å². The molecule has 0 aliphatic rings. The summed E-state index contributed by atoms with van der Waals surface area (Å²) in [4.78, 5) is 0. The van der Waals surface area contributed by atoms with E-state index in [1.165, 1.54) is 13.1 Å². The van der Waals surface area contributed by atoms with E-state index in [1.54, 1.807) is 0 Å². The number of anilines is 2. The van der Waals surface area contributed by atoms with Crippen LogP contribution in [0.5, 0.6) is 0 Å². The van der Waals surface area contributed by atoms with Crippen molar-refractivity contribution < 1.29 is 34.2 Å². The first-order chi connectivity index (χ1) is 6.31. The van der Waals surface area contributed by atoms with Crippen LogP contribution in [0.15, 0.2) is 6.20 Å². The Hall–Kier alpha value is -0.801. The van der Waals surface area contributed by atoms with Gasteiger partial charge in [-0.15, -0.1) is 0 Å². The van der Waals surface area contributed by atoms with Crippen molar-refractivity contribution in [2.45, 2.75) is 13.2 Å². The van der Waals surface area contributed by atoms with Crippen LogP contribution in [0.25, 0.3) is 0 Å². The third-order valence-electron chi connectivity index (χ3n) is 1.47. The molecule has 90 valence electrons. The van der Waals surface area contributed by atoms with Gasteiger partial charge in [-0.3, -0.25) is 4.18 Å². The fraction of sp³-hybridized carbons (Fsp3) is 0.400. The van der Waals surface area contributed by atoms with Gasteiger partial charge in [0.25, 0.3) is 0 Å². The molecule has 4 N–H and O–H groups in total. The molecular weight excluding hydrogens is 276 g/mol. The molecule has 10 heteroatoms. The molecule has 0 aliphatic carbocycles. The zero-order chi connectivity index (χ0) is 10.9. The topological polar surface area (TPSA) is 136 Å². The molecule has 1 heterocycles. The third-order valence-corrected chi connectivity index (χ3v) is 1.98. The normalized spacial score (nSPS) is 13.2. The van der Waals surface area contributed by atoms with Gasteiger partial charge in [-0.05, 0) is 6.92 Å². The minimum Gasteiger partial charge on any atom is -0.725 e. The predicted molar refractivity (Wildman–Crippen MR) is 46.5 cm³/mol. The Bertz CT molecular complexity index is 430. The van der Waals surface area contributed by atoms with Gasteiger partial charge in [0.15, 0.2) is 6.23 Å². The van der Waals surface area contributed by atoms with E-state index < -0.39 is 16.6 Å². The average Bonchev–Trinajstić information content (AvgIpc) is 2.29. The molecule has 0 spiro atoms. The maximum atomic E-state index is 10.2. The molecule has 8 nitrogen and oxygen atoms in total.